The predicted octanol–water partition coefficient (Wildman–Crippen LogP) is 3.66. The van der Waals surface area contributed by atoms with Crippen LogP contribution in [0.1, 0.15) is 46.9 Å². The Kier molecular flexibility index (Phi) is 7.97. The number of aryl methyl sites for hydroxylation is 2. The van der Waals surface area contributed by atoms with E-state index in [0.717, 1.165) is 16.7 Å². The molecule has 196 valence electrons. The van der Waals surface area contributed by atoms with E-state index in [1.807, 2.05) is 74.2 Å². The summed E-state index contributed by atoms with van der Waals surface area (Å²) in [5.74, 6) is -0.414. The smallest absolute Gasteiger partial charge is 0.338 e. The number of nitrogens with zero attached hydrogens (tertiary/aromatic N) is 3. The van der Waals surface area contributed by atoms with Gasteiger partial charge < -0.3 is 15.0 Å². The number of likely N-dealkylation sites (N-methyl/N-ethyl adjacent to an activating group) is 1. The first-order chi connectivity index (χ1) is 17.7. The van der Waals surface area contributed by atoms with Crippen molar-refractivity contribution in [2.75, 3.05) is 39.8 Å². The zero-order valence-electron chi connectivity index (χ0n) is 22.3. The van der Waals surface area contributed by atoms with Gasteiger partial charge in [-0.2, -0.15) is 0 Å². The molecule has 2 heterocycles. The summed E-state index contributed by atoms with van der Waals surface area (Å²) >= 11 is 0. The van der Waals surface area contributed by atoms with Gasteiger partial charge in [0.25, 0.3) is 5.91 Å². The standard InChI is InChI=1S/C29H36N4O4/c1-6-37-28(35)25-24(31(5)29(36)30-26(25)22-11-7-19(2)8-12-22)18-32-15-16-33(21(4)17-32)27(34)23-13-9-20(3)10-14-23/h7-14,21,26H,6,15-18H2,1-5H3,(H,30,36)/t21-,26-/m1/s1. The molecule has 2 aliphatic heterocycles. The van der Waals surface area contributed by atoms with Crippen molar-refractivity contribution in [3.63, 3.8) is 0 Å². The Morgan fingerprint density at radius 2 is 1.62 bits per heavy atom. The molecule has 0 spiro atoms. The normalized spacial score (nSPS) is 20.6. The van der Waals surface area contributed by atoms with Crippen molar-refractivity contribution in [3.8, 4) is 0 Å². The number of nitrogens with one attached hydrogen (secondary N) is 1. The van der Waals surface area contributed by atoms with Gasteiger partial charge in [-0.3, -0.25) is 14.6 Å². The van der Waals surface area contributed by atoms with E-state index >= 15 is 0 Å². The van der Waals surface area contributed by atoms with Crippen molar-refractivity contribution < 1.29 is 19.1 Å². The zero-order valence-corrected chi connectivity index (χ0v) is 22.3. The average Bonchev–Trinajstić information content (AvgIpc) is 2.87. The topological polar surface area (TPSA) is 82.2 Å². The van der Waals surface area contributed by atoms with E-state index < -0.39 is 12.0 Å². The zero-order chi connectivity index (χ0) is 26.7. The molecule has 2 aliphatic rings. The molecule has 1 N–H and O–H groups in total. The summed E-state index contributed by atoms with van der Waals surface area (Å²) < 4.78 is 5.44. The molecular formula is C29H36N4O4. The van der Waals surface area contributed by atoms with E-state index in [9.17, 15) is 14.4 Å². The van der Waals surface area contributed by atoms with E-state index in [2.05, 4.69) is 10.2 Å². The molecule has 2 aromatic carbocycles. The minimum absolute atomic E-state index is 0.0205. The van der Waals surface area contributed by atoms with Crippen LogP contribution < -0.4 is 5.32 Å². The maximum atomic E-state index is 13.2. The van der Waals surface area contributed by atoms with Crippen LogP contribution in [-0.4, -0.2) is 78.5 Å². The van der Waals surface area contributed by atoms with Crippen LogP contribution >= 0.6 is 0 Å². The van der Waals surface area contributed by atoms with Gasteiger partial charge in [0.2, 0.25) is 0 Å². The van der Waals surface area contributed by atoms with Crippen LogP contribution in [0.2, 0.25) is 0 Å². The molecule has 4 rings (SSSR count). The summed E-state index contributed by atoms with van der Waals surface area (Å²) in [5.41, 5.74) is 4.79. The summed E-state index contributed by atoms with van der Waals surface area (Å²) in [4.78, 5) is 44.9. The first kappa shape index (κ1) is 26.4. The molecule has 2 aromatic rings. The van der Waals surface area contributed by atoms with Crippen LogP contribution in [0.4, 0.5) is 4.79 Å². The van der Waals surface area contributed by atoms with Crippen LogP contribution in [0.3, 0.4) is 0 Å². The quantitative estimate of drug-likeness (QED) is 0.607. The predicted molar refractivity (Wildman–Crippen MR) is 142 cm³/mol. The second kappa shape index (κ2) is 11.2. The van der Waals surface area contributed by atoms with Gasteiger partial charge >= 0.3 is 12.0 Å². The molecule has 0 radical (unpaired) electrons. The minimum atomic E-state index is -0.597. The largest absolute Gasteiger partial charge is 0.463 e. The molecule has 8 nitrogen and oxygen atoms in total. The maximum Gasteiger partial charge on any atom is 0.338 e. The Labute approximate surface area is 218 Å². The molecule has 2 atom stereocenters. The highest BCUT2D eigenvalue weighted by Gasteiger charge is 2.38. The summed E-state index contributed by atoms with van der Waals surface area (Å²) in [6.45, 7) is 10.3. The fourth-order valence-corrected chi connectivity index (χ4v) is 4.96. The molecule has 8 heteroatoms. The number of piperazine rings is 1. The monoisotopic (exact) mass is 504 g/mol. The molecule has 37 heavy (non-hydrogen) atoms. The number of esters is 1. The van der Waals surface area contributed by atoms with Gasteiger partial charge in [-0.1, -0.05) is 47.5 Å². The van der Waals surface area contributed by atoms with Gasteiger partial charge in [0.05, 0.1) is 18.2 Å². The number of benzene rings is 2. The summed E-state index contributed by atoms with van der Waals surface area (Å²) in [6.07, 6.45) is 0. The van der Waals surface area contributed by atoms with Crippen molar-refractivity contribution in [3.05, 3.63) is 82.1 Å². The number of carbonyl (C=O) groups excluding carboxylic acids is 3. The van der Waals surface area contributed by atoms with Crippen LogP contribution in [0.15, 0.2) is 59.8 Å². The fourth-order valence-electron chi connectivity index (χ4n) is 4.96. The highest BCUT2D eigenvalue weighted by molar-refractivity contribution is 5.95. The van der Waals surface area contributed by atoms with Gasteiger partial charge in [-0.25, -0.2) is 9.59 Å². The van der Waals surface area contributed by atoms with E-state index in [-0.39, 0.29) is 24.6 Å². The highest BCUT2D eigenvalue weighted by atomic mass is 16.5. The third-order valence-corrected chi connectivity index (χ3v) is 7.13. The van der Waals surface area contributed by atoms with Crippen molar-refractivity contribution in [2.45, 2.75) is 39.8 Å². The SMILES string of the molecule is CCOC(=O)C1=C(CN2CCN(C(=O)c3ccc(C)cc3)[C@H](C)C2)N(C)C(=O)N[C@@H]1c1ccc(C)cc1. The Morgan fingerprint density at radius 1 is 1.00 bits per heavy atom. The number of hydrogen-bond acceptors (Lipinski definition) is 5. The molecule has 0 bridgehead atoms. The molecule has 1 fully saturated rings. The summed E-state index contributed by atoms with van der Waals surface area (Å²) in [5, 5.41) is 2.97. The lowest BCUT2D eigenvalue weighted by molar-refractivity contribution is -0.139. The third kappa shape index (κ3) is 5.69. The van der Waals surface area contributed by atoms with E-state index in [4.69, 9.17) is 4.74 Å². The molecule has 0 unspecified atom stereocenters. The first-order valence-corrected chi connectivity index (χ1v) is 12.8. The number of hydrogen-bond donors (Lipinski definition) is 1. The van der Waals surface area contributed by atoms with Gasteiger partial charge in [0.15, 0.2) is 0 Å². The second-order valence-corrected chi connectivity index (χ2v) is 9.88. The first-order valence-electron chi connectivity index (χ1n) is 12.8. The Balaban J connectivity index is 1.59. The fraction of sp³-hybridized carbons (Fsp3) is 0.414. The maximum absolute atomic E-state index is 13.2. The molecular weight excluding hydrogens is 468 g/mol. The molecule has 0 saturated carbocycles. The Hall–Kier alpha value is -3.65. The average molecular weight is 505 g/mol. The lowest BCUT2D eigenvalue weighted by atomic mass is 9.93. The molecule has 3 amide bonds. The number of rotatable bonds is 6. The third-order valence-electron chi connectivity index (χ3n) is 7.13. The van der Waals surface area contributed by atoms with Crippen LogP contribution in [-0.2, 0) is 9.53 Å². The molecule has 1 saturated heterocycles. The van der Waals surface area contributed by atoms with E-state index in [1.165, 1.54) is 4.90 Å². The summed E-state index contributed by atoms with van der Waals surface area (Å²) in [7, 11) is 1.68. The van der Waals surface area contributed by atoms with Gasteiger partial charge in [-0.15, -0.1) is 0 Å². The minimum Gasteiger partial charge on any atom is -0.463 e. The lowest BCUT2D eigenvalue weighted by Gasteiger charge is -2.42. The molecule has 0 aromatic heterocycles. The Bertz CT molecular complexity index is 1190. The van der Waals surface area contributed by atoms with Gasteiger partial charge in [0.1, 0.15) is 0 Å². The van der Waals surface area contributed by atoms with Crippen molar-refractivity contribution >= 4 is 17.9 Å². The van der Waals surface area contributed by atoms with E-state index in [0.29, 0.717) is 43.0 Å². The molecule has 0 aliphatic carbocycles. The number of carbonyl (C=O) groups is 3. The lowest BCUT2D eigenvalue weighted by Crippen LogP contribution is -2.56. The van der Waals surface area contributed by atoms with Gasteiger partial charge in [0, 0.05) is 50.5 Å². The Morgan fingerprint density at radius 3 is 2.22 bits per heavy atom. The van der Waals surface area contributed by atoms with Crippen LogP contribution in [0.5, 0.6) is 0 Å². The number of ether oxygens (including phenoxy) is 1. The van der Waals surface area contributed by atoms with Crippen LogP contribution in [0, 0.1) is 13.8 Å². The van der Waals surface area contributed by atoms with Crippen molar-refractivity contribution in [1.82, 2.24) is 20.0 Å². The number of amides is 3. The van der Waals surface area contributed by atoms with Crippen molar-refractivity contribution in [2.24, 2.45) is 0 Å². The second-order valence-electron chi connectivity index (χ2n) is 9.88. The van der Waals surface area contributed by atoms with Crippen molar-refractivity contribution in [1.29, 1.82) is 0 Å². The van der Waals surface area contributed by atoms with Crippen LogP contribution in [0.25, 0.3) is 0 Å². The van der Waals surface area contributed by atoms with Gasteiger partial charge in [-0.05, 0) is 45.4 Å². The summed E-state index contributed by atoms with van der Waals surface area (Å²) in [6, 6.07) is 14.5. The van der Waals surface area contributed by atoms with E-state index in [1.54, 1.807) is 14.0 Å². The number of urea groups is 1. The highest BCUT2D eigenvalue weighted by Crippen LogP contribution is 2.32.